The van der Waals surface area contributed by atoms with Gasteiger partial charge >= 0.3 is 0 Å². The van der Waals surface area contributed by atoms with Crippen molar-refractivity contribution < 1.29 is 18.8 Å². The van der Waals surface area contributed by atoms with Crippen LogP contribution in [0.25, 0.3) is 11.3 Å². The van der Waals surface area contributed by atoms with Gasteiger partial charge in [0.25, 0.3) is 5.69 Å². The zero-order valence-corrected chi connectivity index (χ0v) is 21.8. The van der Waals surface area contributed by atoms with Crippen molar-refractivity contribution in [2.75, 3.05) is 25.2 Å². The fourth-order valence-electron chi connectivity index (χ4n) is 4.41. The molecule has 38 heavy (non-hydrogen) atoms. The number of ether oxygens (including phenoxy) is 2. The Kier molecular flexibility index (Phi) is 7.54. The average Bonchev–Trinajstić information content (AvgIpc) is 3.55. The molecule has 0 aliphatic carbocycles. The van der Waals surface area contributed by atoms with E-state index in [4.69, 9.17) is 37.7 Å². The van der Waals surface area contributed by atoms with Crippen LogP contribution in [0.1, 0.15) is 23.5 Å². The van der Waals surface area contributed by atoms with Gasteiger partial charge in [0, 0.05) is 25.1 Å². The van der Waals surface area contributed by atoms with E-state index in [0.29, 0.717) is 46.2 Å². The molecule has 0 unspecified atom stereocenters. The van der Waals surface area contributed by atoms with Gasteiger partial charge in [0.2, 0.25) is 0 Å². The van der Waals surface area contributed by atoms with Crippen LogP contribution in [0.2, 0.25) is 5.02 Å². The lowest BCUT2D eigenvalue weighted by atomic mass is 10.0. The van der Waals surface area contributed by atoms with Crippen LogP contribution in [0.3, 0.4) is 0 Å². The van der Waals surface area contributed by atoms with E-state index in [1.807, 2.05) is 29.2 Å². The molecule has 2 aromatic heterocycles. The van der Waals surface area contributed by atoms with Gasteiger partial charge < -0.3 is 24.1 Å². The van der Waals surface area contributed by atoms with Gasteiger partial charge in [-0.05, 0) is 60.7 Å². The maximum atomic E-state index is 11.6. The first kappa shape index (κ1) is 25.7. The highest BCUT2D eigenvalue weighted by Gasteiger charge is 2.43. The van der Waals surface area contributed by atoms with E-state index in [1.54, 1.807) is 55.8 Å². The number of nitro benzene ring substituents is 1. The Morgan fingerprint density at radius 2 is 1.95 bits per heavy atom. The van der Waals surface area contributed by atoms with Gasteiger partial charge in [0.15, 0.2) is 5.11 Å². The van der Waals surface area contributed by atoms with E-state index in [0.717, 1.165) is 11.4 Å². The van der Waals surface area contributed by atoms with Crippen LogP contribution in [0.4, 0.5) is 11.4 Å². The van der Waals surface area contributed by atoms with Crippen molar-refractivity contribution in [3.63, 3.8) is 0 Å². The van der Waals surface area contributed by atoms with Crippen LogP contribution >= 0.6 is 23.8 Å². The molecular weight excluding hydrogens is 528 g/mol. The molecule has 11 heteroatoms. The maximum absolute atomic E-state index is 11.6. The minimum atomic E-state index is -0.453. The number of methoxy groups -OCH3 is 1. The molecule has 0 saturated carbocycles. The summed E-state index contributed by atoms with van der Waals surface area (Å²) in [6.45, 7) is 0.802. The average molecular weight is 551 g/mol. The molecular formula is C27H23ClN4O5S. The fourth-order valence-corrected chi connectivity index (χ4v) is 4.99. The number of rotatable bonds is 9. The molecule has 4 aromatic rings. The molecule has 1 aliphatic rings. The second kappa shape index (κ2) is 11.2. The highest BCUT2D eigenvalue weighted by molar-refractivity contribution is 7.80. The Labute approximate surface area is 229 Å². The topological polar surface area (TPSA) is 103 Å². The van der Waals surface area contributed by atoms with Gasteiger partial charge in [-0.15, -0.1) is 0 Å². The lowest BCUT2D eigenvalue weighted by Crippen LogP contribution is -2.29. The molecule has 2 aromatic carbocycles. The zero-order valence-electron chi connectivity index (χ0n) is 20.2. The Bertz CT molecular complexity index is 1460. The molecule has 0 amide bonds. The normalized spacial score (nSPS) is 16.9. The van der Waals surface area contributed by atoms with Crippen molar-refractivity contribution in [2.24, 2.45) is 0 Å². The van der Waals surface area contributed by atoms with Crippen molar-refractivity contribution in [3.05, 3.63) is 106 Å². The molecule has 5 rings (SSSR count). The summed E-state index contributed by atoms with van der Waals surface area (Å²) in [4.78, 5) is 17.6. The van der Waals surface area contributed by atoms with Crippen molar-refractivity contribution in [2.45, 2.75) is 12.1 Å². The number of nitrogens with zero attached hydrogens (tertiary/aromatic N) is 3. The summed E-state index contributed by atoms with van der Waals surface area (Å²) in [5, 5.41) is 15.8. The van der Waals surface area contributed by atoms with E-state index >= 15 is 0 Å². The number of thiocarbonyl (C=S) groups is 1. The summed E-state index contributed by atoms with van der Waals surface area (Å²) in [5.74, 6) is 1.46. The highest BCUT2D eigenvalue weighted by Crippen LogP contribution is 2.44. The summed E-state index contributed by atoms with van der Waals surface area (Å²) in [6.07, 6.45) is 1.71. The van der Waals surface area contributed by atoms with Crippen molar-refractivity contribution in [3.8, 4) is 17.1 Å². The monoisotopic (exact) mass is 550 g/mol. The number of hydrogen-bond donors (Lipinski definition) is 1. The molecule has 0 spiro atoms. The lowest BCUT2D eigenvalue weighted by molar-refractivity contribution is -0.384. The van der Waals surface area contributed by atoms with Crippen LogP contribution in [0.5, 0.6) is 5.75 Å². The molecule has 1 fully saturated rings. The summed E-state index contributed by atoms with van der Waals surface area (Å²) < 4.78 is 17.0. The summed E-state index contributed by atoms with van der Waals surface area (Å²) in [5.41, 5.74) is 1.83. The third-order valence-electron chi connectivity index (χ3n) is 6.12. The van der Waals surface area contributed by atoms with Gasteiger partial charge in [-0.1, -0.05) is 29.8 Å². The molecule has 9 nitrogen and oxygen atoms in total. The second-order valence-electron chi connectivity index (χ2n) is 8.43. The van der Waals surface area contributed by atoms with Gasteiger partial charge in [-0.25, -0.2) is 0 Å². The van der Waals surface area contributed by atoms with Crippen molar-refractivity contribution in [1.82, 2.24) is 10.3 Å². The van der Waals surface area contributed by atoms with E-state index < -0.39 is 11.0 Å². The largest absolute Gasteiger partial charge is 0.490 e. The molecule has 1 aliphatic heterocycles. The fraction of sp³-hybridized carbons (Fsp3) is 0.185. The number of benzene rings is 2. The van der Waals surface area contributed by atoms with Crippen molar-refractivity contribution in [1.29, 1.82) is 0 Å². The predicted octanol–water partition coefficient (Wildman–Crippen LogP) is 6.11. The van der Waals surface area contributed by atoms with E-state index in [1.165, 1.54) is 6.07 Å². The number of halogens is 1. The summed E-state index contributed by atoms with van der Waals surface area (Å²) >= 11 is 12.3. The molecule has 194 valence electrons. The number of nitrogens with one attached hydrogen (secondary N) is 1. The number of pyridine rings is 1. The quantitative estimate of drug-likeness (QED) is 0.114. The number of nitro groups is 1. The van der Waals surface area contributed by atoms with Gasteiger partial charge in [-0.2, -0.15) is 0 Å². The Morgan fingerprint density at radius 3 is 2.68 bits per heavy atom. The van der Waals surface area contributed by atoms with Crippen LogP contribution in [0.15, 0.2) is 83.4 Å². The Hall–Kier alpha value is -3.99. The smallest absolute Gasteiger partial charge is 0.280 e. The summed E-state index contributed by atoms with van der Waals surface area (Å²) in [6, 6.07) is 20.2. The van der Waals surface area contributed by atoms with Gasteiger partial charge in [0.1, 0.15) is 29.9 Å². The third-order valence-corrected chi connectivity index (χ3v) is 6.73. The van der Waals surface area contributed by atoms with Crippen LogP contribution in [0, 0.1) is 10.1 Å². The first-order chi connectivity index (χ1) is 18.5. The number of anilines is 1. The minimum absolute atomic E-state index is 0.0394. The lowest BCUT2D eigenvalue weighted by Gasteiger charge is -2.26. The SMILES string of the molecule is COCCOc1ccc(N2C(=S)N[C@H](c3ccccn3)[C@@H]2c2ccc(-c3ccccc3[N+](=O)[O-])o2)cc1Cl. The van der Waals surface area contributed by atoms with Crippen LogP contribution in [-0.2, 0) is 4.74 Å². The first-order valence-electron chi connectivity index (χ1n) is 11.7. The minimum Gasteiger partial charge on any atom is -0.490 e. The van der Waals surface area contributed by atoms with E-state index in [2.05, 4.69) is 10.3 Å². The molecule has 0 radical (unpaired) electrons. The van der Waals surface area contributed by atoms with Gasteiger partial charge in [-0.3, -0.25) is 15.1 Å². The Balaban J connectivity index is 1.55. The van der Waals surface area contributed by atoms with Gasteiger partial charge in [0.05, 0.1) is 33.9 Å². The Morgan fingerprint density at radius 1 is 1.13 bits per heavy atom. The first-order valence-corrected chi connectivity index (χ1v) is 12.5. The number of aromatic nitrogens is 1. The standard InChI is InChI=1S/C27H23ClN4O5S/c1-35-14-15-36-23-10-9-17(16-19(23)28)31-26(25(30-27(31)38)20-7-4-5-13-29-20)24-12-11-22(37-24)18-6-2-3-8-21(18)32(33)34/h2-13,16,25-26H,14-15H2,1H3,(H,30,38)/t25-,26+/m1/s1. The number of furan rings is 1. The third kappa shape index (κ3) is 5.06. The van der Waals surface area contributed by atoms with E-state index in [-0.39, 0.29) is 11.7 Å². The zero-order chi connectivity index (χ0) is 26.6. The summed E-state index contributed by atoms with van der Waals surface area (Å²) in [7, 11) is 1.60. The highest BCUT2D eigenvalue weighted by atomic mass is 35.5. The molecule has 3 heterocycles. The molecule has 1 saturated heterocycles. The van der Waals surface area contributed by atoms with E-state index in [9.17, 15) is 10.1 Å². The van der Waals surface area contributed by atoms with Crippen LogP contribution < -0.4 is 15.0 Å². The second-order valence-corrected chi connectivity index (χ2v) is 9.22. The predicted molar refractivity (Wildman–Crippen MR) is 148 cm³/mol. The molecule has 1 N–H and O–H groups in total. The number of hydrogen-bond acceptors (Lipinski definition) is 7. The maximum Gasteiger partial charge on any atom is 0.280 e. The molecule has 0 bridgehead atoms. The molecule has 2 atom stereocenters. The van der Waals surface area contributed by atoms with Crippen molar-refractivity contribution >= 4 is 40.3 Å². The van der Waals surface area contributed by atoms with Crippen LogP contribution in [-0.4, -0.2) is 35.3 Å². The number of para-hydroxylation sites is 1.